The number of nitrogens with zero attached hydrogens (tertiary/aromatic N) is 1. The molecular formula is C18H27NO4. The zero-order valence-electron chi connectivity index (χ0n) is 14.3. The van der Waals surface area contributed by atoms with E-state index >= 15 is 0 Å². The maximum absolute atomic E-state index is 12.3. The molecule has 0 spiro atoms. The molecule has 0 amide bonds. The Morgan fingerprint density at radius 1 is 1.39 bits per heavy atom. The van der Waals surface area contributed by atoms with Crippen LogP contribution in [-0.4, -0.2) is 48.6 Å². The first-order chi connectivity index (χ1) is 11.0. The molecule has 23 heavy (non-hydrogen) atoms. The minimum atomic E-state index is -0.532. The van der Waals surface area contributed by atoms with Crippen molar-refractivity contribution in [2.75, 3.05) is 19.8 Å². The second-order valence-corrected chi connectivity index (χ2v) is 6.80. The number of hydrogen-bond donors (Lipinski definition) is 0. The Balaban J connectivity index is 1.86. The van der Waals surface area contributed by atoms with Crippen LogP contribution in [0, 0.1) is 0 Å². The fourth-order valence-electron chi connectivity index (χ4n) is 3.65. The van der Waals surface area contributed by atoms with Crippen molar-refractivity contribution < 1.29 is 19.0 Å². The first kappa shape index (κ1) is 16.5. The van der Waals surface area contributed by atoms with Crippen molar-refractivity contribution in [2.24, 2.45) is 0 Å². The van der Waals surface area contributed by atoms with E-state index in [9.17, 15) is 4.79 Å². The van der Waals surface area contributed by atoms with Crippen LogP contribution in [0.2, 0.25) is 0 Å². The SMILES string of the molecule is CCOC(=O)C1=C2CCCCCN2C([C@H]2COC(C)(C)O2)C=C1. The van der Waals surface area contributed by atoms with Gasteiger partial charge in [-0.15, -0.1) is 0 Å². The highest BCUT2D eigenvalue weighted by molar-refractivity contribution is 5.92. The average molecular weight is 321 g/mol. The monoisotopic (exact) mass is 321 g/mol. The van der Waals surface area contributed by atoms with Crippen LogP contribution in [0.1, 0.15) is 46.5 Å². The zero-order valence-corrected chi connectivity index (χ0v) is 14.3. The maximum Gasteiger partial charge on any atom is 0.339 e. The highest BCUT2D eigenvalue weighted by atomic mass is 16.7. The lowest BCUT2D eigenvalue weighted by molar-refractivity contribution is -0.144. The molecule has 0 aromatic rings. The third kappa shape index (κ3) is 3.45. The summed E-state index contributed by atoms with van der Waals surface area (Å²) >= 11 is 0. The van der Waals surface area contributed by atoms with E-state index in [0.717, 1.165) is 31.5 Å². The normalized spacial score (nSPS) is 30.1. The molecule has 0 saturated carbocycles. The smallest absolute Gasteiger partial charge is 0.339 e. The fourth-order valence-corrected chi connectivity index (χ4v) is 3.65. The predicted octanol–water partition coefficient (Wildman–Crippen LogP) is 2.77. The Labute approximate surface area is 138 Å². The largest absolute Gasteiger partial charge is 0.462 e. The van der Waals surface area contributed by atoms with Crippen LogP contribution in [-0.2, 0) is 19.0 Å². The van der Waals surface area contributed by atoms with Gasteiger partial charge in [0.1, 0.15) is 6.10 Å². The van der Waals surface area contributed by atoms with Gasteiger partial charge in [-0.1, -0.05) is 12.5 Å². The van der Waals surface area contributed by atoms with Crippen molar-refractivity contribution in [1.29, 1.82) is 0 Å². The van der Waals surface area contributed by atoms with Crippen molar-refractivity contribution in [3.05, 3.63) is 23.4 Å². The van der Waals surface area contributed by atoms with Gasteiger partial charge in [-0.05, 0) is 46.1 Å². The van der Waals surface area contributed by atoms with E-state index in [1.165, 1.54) is 6.42 Å². The number of ether oxygens (including phenoxy) is 3. The Morgan fingerprint density at radius 3 is 2.91 bits per heavy atom. The van der Waals surface area contributed by atoms with Gasteiger partial charge in [0.2, 0.25) is 0 Å². The zero-order chi connectivity index (χ0) is 16.4. The number of hydrogen-bond acceptors (Lipinski definition) is 5. The van der Waals surface area contributed by atoms with E-state index in [1.54, 1.807) is 0 Å². The molecule has 0 aromatic heterocycles. The van der Waals surface area contributed by atoms with Gasteiger partial charge in [-0.25, -0.2) is 4.79 Å². The van der Waals surface area contributed by atoms with Gasteiger partial charge in [0.25, 0.3) is 0 Å². The highest BCUT2D eigenvalue weighted by Gasteiger charge is 2.41. The van der Waals surface area contributed by atoms with Crippen LogP contribution in [0.15, 0.2) is 23.4 Å². The summed E-state index contributed by atoms with van der Waals surface area (Å²) in [5, 5.41) is 0. The van der Waals surface area contributed by atoms with Gasteiger partial charge in [0.15, 0.2) is 5.79 Å². The molecular weight excluding hydrogens is 294 g/mol. The van der Waals surface area contributed by atoms with Crippen molar-refractivity contribution >= 4 is 5.97 Å². The van der Waals surface area contributed by atoms with Gasteiger partial charge < -0.3 is 19.1 Å². The van der Waals surface area contributed by atoms with Crippen LogP contribution in [0.5, 0.6) is 0 Å². The molecule has 128 valence electrons. The standard InChI is InChI=1S/C18H27NO4/c1-4-21-17(20)13-9-10-15(16-12-22-18(2,3)23-16)19-11-7-5-6-8-14(13)19/h9-10,15-16H,4-8,11-12H2,1-3H3/t15?,16-/m1/s1. The van der Waals surface area contributed by atoms with E-state index in [-0.39, 0.29) is 18.1 Å². The second-order valence-electron chi connectivity index (χ2n) is 6.80. The number of carbonyl (C=O) groups is 1. The lowest BCUT2D eigenvalue weighted by Crippen LogP contribution is -2.46. The number of esters is 1. The molecule has 3 aliphatic heterocycles. The summed E-state index contributed by atoms with van der Waals surface area (Å²) in [5.74, 6) is -0.747. The lowest BCUT2D eigenvalue weighted by atomic mass is 9.98. The molecule has 5 nitrogen and oxygen atoms in total. The molecule has 1 unspecified atom stereocenters. The second kappa shape index (κ2) is 6.65. The summed E-state index contributed by atoms with van der Waals surface area (Å²) in [4.78, 5) is 14.6. The highest BCUT2D eigenvalue weighted by Crippen LogP contribution is 2.35. The first-order valence-corrected chi connectivity index (χ1v) is 8.69. The molecule has 0 bridgehead atoms. The summed E-state index contributed by atoms with van der Waals surface area (Å²) in [5.41, 5.74) is 1.82. The minimum Gasteiger partial charge on any atom is -0.462 e. The van der Waals surface area contributed by atoms with E-state index < -0.39 is 5.79 Å². The topological polar surface area (TPSA) is 48.0 Å². The van der Waals surface area contributed by atoms with E-state index in [4.69, 9.17) is 14.2 Å². The summed E-state index contributed by atoms with van der Waals surface area (Å²) in [7, 11) is 0. The molecule has 0 N–H and O–H groups in total. The molecule has 3 aliphatic rings. The van der Waals surface area contributed by atoms with E-state index in [0.29, 0.717) is 18.8 Å². The molecule has 5 heteroatoms. The molecule has 0 aliphatic carbocycles. The van der Waals surface area contributed by atoms with Gasteiger partial charge in [-0.2, -0.15) is 0 Å². The third-order valence-electron chi connectivity index (χ3n) is 4.70. The quantitative estimate of drug-likeness (QED) is 0.748. The molecule has 3 rings (SSSR count). The average Bonchev–Trinajstić information content (AvgIpc) is 2.73. The van der Waals surface area contributed by atoms with Gasteiger partial charge >= 0.3 is 5.97 Å². The van der Waals surface area contributed by atoms with Crippen molar-refractivity contribution in [2.45, 2.75) is 64.4 Å². The Kier molecular flexibility index (Phi) is 4.78. The fraction of sp³-hybridized carbons (Fsp3) is 0.722. The number of carbonyl (C=O) groups excluding carboxylic acids is 1. The van der Waals surface area contributed by atoms with Crippen LogP contribution in [0.25, 0.3) is 0 Å². The number of rotatable bonds is 3. The minimum absolute atomic E-state index is 0.00176. The van der Waals surface area contributed by atoms with Crippen LogP contribution >= 0.6 is 0 Å². The summed E-state index contributed by atoms with van der Waals surface area (Å²) in [6.45, 7) is 7.68. The molecule has 0 radical (unpaired) electrons. The molecule has 2 atom stereocenters. The molecule has 2 fully saturated rings. The van der Waals surface area contributed by atoms with E-state index in [2.05, 4.69) is 11.0 Å². The summed E-state index contributed by atoms with van der Waals surface area (Å²) in [6.07, 6.45) is 8.37. The lowest BCUT2D eigenvalue weighted by Gasteiger charge is -2.38. The third-order valence-corrected chi connectivity index (χ3v) is 4.70. The number of fused-ring (bicyclic) bond motifs is 1. The maximum atomic E-state index is 12.3. The van der Waals surface area contributed by atoms with Gasteiger partial charge in [0.05, 0.1) is 24.8 Å². The number of allylic oxidation sites excluding steroid dienone is 1. The van der Waals surface area contributed by atoms with Crippen LogP contribution < -0.4 is 0 Å². The van der Waals surface area contributed by atoms with Crippen molar-refractivity contribution in [3.63, 3.8) is 0 Å². The van der Waals surface area contributed by atoms with E-state index in [1.807, 2.05) is 26.8 Å². The molecule has 2 saturated heterocycles. The van der Waals surface area contributed by atoms with Crippen LogP contribution in [0.3, 0.4) is 0 Å². The predicted molar refractivity (Wildman–Crippen MR) is 86.7 cm³/mol. The summed E-state index contributed by atoms with van der Waals surface area (Å²) < 4.78 is 17.0. The Morgan fingerprint density at radius 2 is 2.22 bits per heavy atom. The van der Waals surface area contributed by atoms with Crippen LogP contribution in [0.4, 0.5) is 0 Å². The van der Waals surface area contributed by atoms with Crippen molar-refractivity contribution in [1.82, 2.24) is 4.90 Å². The molecule has 3 heterocycles. The Bertz CT molecular complexity index is 523. The van der Waals surface area contributed by atoms with Gasteiger partial charge in [-0.3, -0.25) is 0 Å². The molecule has 0 aromatic carbocycles. The van der Waals surface area contributed by atoms with Gasteiger partial charge in [0, 0.05) is 12.2 Å². The first-order valence-electron chi connectivity index (χ1n) is 8.69. The Hall–Kier alpha value is -1.33. The van der Waals surface area contributed by atoms with Crippen molar-refractivity contribution in [3.8, 4) is 0 Å². The summed E-state index contributed by atoms with van der Waals surface area (Å²) in [6, 6.07) is 0.128.